The maximum Gasteiger partial charge on any atom is 0.0385 e. The third-order valence-corrected chi connectivity index (χ3v) is 2.85. The summed E-state index contributed by atoms with van der Waals surface area (Å²) in [5.41, 5.74) is 0.955. The number of hydrogen-bond donors (Lipinski definition) is 0. The van der Waals surface area contributed by atoms with Gasteiger partial charge in [0.05, 0.1) is 0 Å². The first kappa shape index (κ1) is 16.7. The number of nitrogens with zero attached hydrogens (tertiary/aromatic N) is 1. The fourth-order valence-corrected chi connectivity index (χ4v) is 1.76. The molecule has 17 heavy (non-hydrogen) atoms. The number of aliphatic imine (C=N–C) groups is 1. The quantitative estimate of drug-likeness (QED) is 0.411. The van der Waals surface area contributed by atoms with Gasteiger partial charge >= 0.3 is 0 Å². The molecule has 0 saturated heterocycles. The van der Waals surface area contributed by atoms with Gasteiger partial charge in [0.2, 0.25) is 0 Å². The molecule has 0 amide bonds. The number of rotatable bonds is 7. The van der Waals surface area contributed by atoms with Crippen molar-refractivity contribution < 1.29 is 0 Å². The SMILES string of the molecule is CC(C)(C)CCCC=NCCCCC(C)(C)C. The topological polar surface area (TPSA) is 12.4 Å². The molecule has 1 nitrogen and oxygen atoms in total. The lowest BCUT2D eigenvalue weighted by molar-refractivity contribution is 0.361. The van der Waals surface area contributed by atoms with Gasteiger partial charge in [-0.25, -0.2) is 0 Å². The molecule has 0 atom stereocenters. The van der Waals surface area contributed by atoms with Gasteiger partial charge in [0, 0.05) is 6.54 Å². The smallest absolute Gasteiger partial charge is 0.0385 e. The van der Waals surface area contributed by atoms with Crippen LogP contribution in [0.4, 0.5) is 0 Å². The maximum atomic E-state index is 4.49. The van der Waals surface area contributed by atoms with Crippen molar-refractivity contribution in [1.82, 2.24) is 0 Å². The van der Waals surface area contributed by atoms with Crippen molar-refractivity contribution in [3.8, 4) is 0 Å². The molecule has 0 N–H and O–H groups in total. The second kappa shape index (κ2) is 7.89. The van der Waals surface area contributed by atoms with Crippen LogP contribution >= 0.6 is 0 Å². The number of hydrogen-bond acceptors (Lipinski definition) is 1. The Hall–Kier alpha value is -0.330. The van der Waals surface area contributed by atoms with Gasteiger partial charge in [-0.05, 0) is 49.1 Å². The van der Waals surface area contributed by atoms with Crippen LogP contribution in [-0.4, -0.2) is 12.8 Å². The van der Waals surface area contributed by atoms with Crippen molar-refractivity contribution in [3.05, 3.63) is 0 Å². The van der Waals surface area contributed by atoms with E-state index in [1.807, 2.05) is 0 Å². The molecule has 0 aromatic heterocycles. The maximum absolute atomic E-state index is 4.49. The molecule has 0 aromatic carbocycles. The van der Waals surface area contributed by atoms with Crippen LogP contribution in [0.3, 0.4) is 0 Å². The van der Waals surface area contributed by atoms with Gasteiger partial charge in [0.25, 0.3) is 0 Å². The van der Waals surface area contributed by atoms with Crippen LogP contribution in [-0.2, 0) is 0 Å². The fraction of sp³-hybridized carbons (Fsp3) is 0.938. The van der Waals surface area contributed by atoms with Gasteiger partial charge in [-0.15, -0.1) is 0 Å². The molecule has 0 aromatic rings. The van der Waals surface area contributed by atoms with E-state index < -0.39 is 0 Å². The normalized spacial score (nSPS) is 13.5. The van der Waals surface area contributed by atoms with Crippen molar-refractivity contribution in [1.29, 1.82) is 0 Å². The van der Waals surface area contributed by atoms with E-state index in [0.717, 1.165) is 13.0 Å². The van der Waals surface area contributed by atoms with Gasteiger partial charge in [-0.3, -0.25) is 4.99 Å². The van der Waals surface area contributed by atoms with Crippen LogP contribution < -0.4 is 0 Å². The van der Waals surface area contributed by atoms with Gasteiger partial charge < -0.3 is 0 Å². The van der Waals surface area contributed by atoms with Gasteiger partial charge in [0.15, 0.2) is 0 Å². The monoisotopic (exact) mass is 239 g/mol. The first-order valence-corrected chi connectivity index (χ1v) is 7.19. The van der Waals surface area contributed by atoms with E-state index in [4.69, 9.17) is 0 Å². The van der Waals surface area contributed by atoms with E-state index in [0.29, 0.717) is 10.8 Å². The molecule has 0 saturated carbocycles. The van der Waals surface area contributed by atoms with Gasteiger partial charge in [-0.1, -0.05) is 48.0 Å². The summed E-state index contributed by atoms with van der Waals surface area (Å²) in [6, 6.07) is 0. The lowest BCUT2D eigenvalue weighted by Gasteiger charge is -2.17. The highest BCUT2D eigenvalue weighted by Gasteiger charge is 2.09. The zero-order valence-corrected chi connectivity index (χ0v) is 13.0. The summed E-state index contributed by atoms with van der Waals surface area (Å²) in [5.74, 6) is 0. The van der Waals surface area contributed by atoms with E-state index in [9.17, 15) is 0 Å². The minimum Gasteiger partial charge on any atom is -0.298 e. The Morgan fingerprint density at radius 2 is 1.29 bits per heavy atom. The standard InChI is InChI=1S/C16H33N/c1-15(2,3)11-7-9-13-17-14-10-8-12-16(4,5)6/h13H,7-12,14H2,1-6H3. The van der Waals surface area contributed by atoms with E-state index in [-0.39, 0.29) is 0 Å². The zero-order chi connectivity index (χ0) is 13.4. The Bertz CT molecular complexity index is 203. The van der Waals surface area contributed by atoms with Crippen LogP contribution in [0.2, 0.25) is 0 Å². The summed E-state index contributed by atoms with van der Waals surface area (Å²) in [7, 11) is 0. The molecular formula is C16H33N. The fourth-order valence-electron chi connectivity index (χ4n) is 1.76. The summed E-state index contributed by atoms with van der Waals surface area (Å²) in [6.07, 6.45) is 9.71. The number of unbranched alkanes of at least 4 members (excludes halogenated alkanes) is 2. The minimum atomic E-state index is 0.473. The predicted octanol–water partition coefficient (Wildman–Crippen LogP) is 5.49. The molecule has 0 spiro atoms. The third kappa shape index (κ3) is 15.7. The van der Waals surface area contributed by atoms with Crippen molar-refractivity contribution in [2.24, 2.45) is 15.8 Å². The van der Waals surface area contributed by atoms with Crippen molar-refractivity contribution in [3.63, 3.8) is 0 Å². The van der Waals surface area contributed by atoms with Crippen LogP contribution in [0.25, 0.3) is 0 Å². The third-order valence-electron chi connectivity index (χ3n) is 2.85. The summed E-state index contributed by atoms with van der Waals surface area (Å²) in [5, 5.41) is 0. The van der Waals surface area contributed by atoms with Crippen molar-refractivity contribution >= 4 is 6.21 Å². The van der Waals surface area contributed by atoms with Crippen molar-refractivity contribution in [2.45, 2.75) is 80.1 Å². The Morgan fingerprint density at radius 1 is 0.765 bits per heavy atom. The Kier molecular flexibility index (Phi) is 7.74. The highest BCUT2D eigenvalue weighted by atomic mass is 14.7. The molecule has 0 heterocycles. The van der Waals surface area contributed by atoms with E-state index in [1.165, 1.54) is 32.1 Å². The lowest BCUT2D eigenvalue weighted by atomic mass is 9.90. The first-order valence-electron chi connectivity index (χ1n) is 7.19. The van der Waals surface area contributed by atoms with Crippen LogP contribution in [0, 0.1) is 10.8 Å². The Labute approximate surface area is 109 Å². The predicted molar refractivity (Wildman–Crippen MR) is 80.0 cm³/mol. The summed E-state index contributed by atoms with van der Waals surface area (Å²) in [4.78, 5) is 4.49. The largest absolute Gasteiger partial charge is 0.298 e. The molecule has 0 bridgehead atoms. The molecule has 0 rings (SSSR count). The average molecular weight is 239 g/mol. The highest BCUT2D eigenvalue weighted by molar-refractivity contribution is 5.56. The highest BCUT2D eigenvalue weighted by Crippen LogP contribution is 2.22. The van der Waals surface area contributed by atoms with E-state index in [2.05, 4.69) is 52.7 Å². The molecule has 0 aliphatic rings. The van der Waals surface area contributed by atoms with E-state index >= 15 is 0 Å². The summed E-state index contributed by atoms with van der Waals surface area (Å²) < 4.78 is 0. The second-order valence-electron chi connectivity index (χ2n) is 7.56. The molecule has 0 aliphatic heterocycles. The second-order valence-corrected chi connectivity index (χ2v) is 7.56. The van der Waals surface area contributed by atoms with Gasteiger partial charge in [0.1, 0.15) is 0 Å². The first-order chi connectivity index (χ1) is 7.71. The molecule has 0 radical (unpaired) electrons. The Balaban J connectivity index is 3.32. The van der Waals surface area contributed by atoms with Gasteiger partial charge in [-0.2, -0.15) is 0 Å². The average Bonchev–Trinajstić information content (AvgIpc) is 2.11. The molecule has 0 unspecified atom stereocenters. The minimum absolute atomic E-state index is 0.473. The molecular weight excluding hydrogens is 206 g/mol. The Morgan fingerprint density at radius 3 is 1.82 bits per heavy atom. The van der Waals surface area contributed by atoms with Crippen LogP contribution in [0.5, 0.6) is 0 Å². The lowest BCUT2D eigenvalue weighted by Crippen LogP contribution is -2.04. The van der Waals surface area contributed by atoms with E-state index in [1.54, 1.807) is 0 Å². The molecule has 0 fully saturated rings. The van der Waals surface area contributed by atoms with Crippen LogP contribution in [0.15, 0.2) is 4.99 Å². The summed E-state index contributed by atoms with van der Waals surface area (Å²) in [6.45, 7) is 14.9. The van der Waals surface area contributed by atoms with Crippen LogP contribution in [0.1, 0.15) is 80.1 Å². The molecule has 0 aliphatic carbocycles. The van der Waals surface area contributed by atoms with Crippen molar-refractivity contribution in [2.75, 3.05) is 6.54 Å². The summed E-state index contributed by atoms with van der Waals surface area (Å²) >= 11 is 0. The zero-order valence-electron chi connectivity index (χ0n) is 13.0. The molecule has 102 valence electrons. The molecule has 1 heteroatoms.